The van der Waals surface area contributed by atoms with Gasteiger partial charge in [-0.3, -0.25) is 0 Å². The van der Waals surface area contributed by atoms with Crippen molar-refractivity contribution in [2.75, 3.05) is 6.61 Å². The highest BCUT2D eigenvalue weighted by Gasteiger charge is 1.93. The monoisotopic (exact) mass is 306 g/mol. The number of hydrogen-bond donors (Lipinski definition) is 0. The Hall–Kier alpha value is -2.68. The van der Waals surface area contributed by atoms with E-state index in [1.54, 1.807) is 18.5 Å². The van der Waals surface area contributed by atoms with Gasteiger partial charge in [0.05, 0.1) is 12.4 Å². The van der Waals surface area contributed by atoms with Gasteiger partial charge in [0, 0.05) is 0 Å². The van der Waals surface area contributed by atoms with E-state index in [2.05, 4.69) is 48.0 Å². The van der Waals surface area contributed by atoms with Crippen LogP contribution in [0.4, 0.5) is 0 Å². The molecule has 23 heavy (non-hydrogen) atoms. The molecule has 0 spiro atoms. The Labute approximate surface area is 138 Å². The molecule has 0 bridgehead atoms. The van der Waals surface area contributed by atoms with Crippen LogP contribution in [-0.4, -0.2) is 19.0 Å². The lowest BCUT2D eigenvalue weighted by molar-refractivity contribution is 0.363. The number of aryl methyl sites for hydroxylation is 1. The second-order valence-electron chi connectivity index (χ2n) is 5.15. The van der Waals surface area contributed by atoms with E-state index in [1.165, 1.54) is 5.56 Å². The Morgan fingerprint density at radius 3 is 2.00 bits per heavy atom. The summed E-state index contributed by atoms with van der Waals surface area (Å²) in [5, 5.41) is 8.16. The summed E-state index contributed by atoms with van der Waals surface area (Å²) in [6.45, 7) is 6.31. The van der Waals surface area contributed by atoms with Crippen molar-refractivity contribution in [3.05, 3.63) is 77.9 Å². The Bertz CT molecular complexity index is 655. The predicted octanol–water partition coefficient (Wildman–Crippen LogP) is 4.66. The van der Waals surface area contributed by atoms with Crippen molar-refractivity contribution in [3.8, 4) is 5.75 Å². The first-order chi connectivity index (χ1) is 11.3. The van der Waals surface area contributed by atoms with Gasteiger partial charge in [-0.2, -0.15) is 10.2 Å². The minimum absolute atomic E-state index is 0.509. The molecule has 0 N–H and O–H groups in total. The van der Waals surface area contributed by atoms with Crippen LogP contribution in [0.2, 0.25) is 0 Å². The van der Waals surface area contributed by atoms with Crippen molar-refractivity contribution in [2.45, 2.75) is 19.8 Å². The van der Waals surface area contributed by atoms with Gasteiger partial charge in [-0.1, -0.05) is 50.3 Å². The van der Waals surface area contributed by atoms with Crippen LogP contribution in [0.1, 0.15) is 30.0 Å². The van der Waals surface area contributed by atoms with E-state index >= 15 is 0 Å². The van der Waals surface area contributed by atoms with Gasteiger partial charge in [-0.15, -0.1) is 0 Å². The Morgan fingerprint density at radius 1 is 0.913 bits per heavy atom. The highest BCUT2D eigenvalue weighted by molar-refractivity contribution is 5.82. The largest absolute Gasteiger partial charge is 0.490 e. The quantitative estimate of drug-likeness (QED) is 0.397. The number of benzene rings is 2. The molecule has 0 aliphatic rings. The van der Waals surface area contributed by atoms with Crippen molar-refractivity contribution >= 4 is 12.4 Å². The van der Waals surface area contributed by atoms with E-state index in [0.29, 0.717) is 6.61 Å². The van der Waals surface area contributed by atoms with Crippen LogP contribution >= 0.6 is 0 Å². The van der Waals surface area contributed by atoms with Gasteiger partial charge < -0.3 is 4.74 Å². The minimum atomic E-state index is 0.509. The van der Waals surface area contributed by atoms with Crippen molar-refractivity contribution < 1.29 is 4.74 Å². The van der Waals surface area contributed by atoms with Crippen LogP contribution in [0, 0.1) is 0 Å². The lowest BCUT2D eigenvalue weighted by Crippen LogP contribution is -1.92. The van der Waals surface area contributed by atoms with E-state index in [0.717, 1.165) is 29.7 Å². The van der Waals surface area contributed by atoms with Gasteiger partial charge in [0.15, 0.2) is 0 Å². The molecule has 2 aromatic rings. The Balaban J connectivity index is 1.88. The standard InChI is InChI=1S/C20H22N2O/c1-3-5-17-6-8-18(9-7-17)15-21-22-16-19-10-12-20(13-11-19)23-14-4-2/h4,6-13,15-16H,2-3,5,14H2,1H3/b21-15+,22-16+. The lowest BCUT2D eigenvalue weighted by atomic mass is 10.1. The minimum Gasteiger partial charge on any atom is -0.490 e. The first kappa shape index (κ1) is 16.7. The average Bonchev–Trinajstić information content (AvgIpc) is 2.59. The molecule has 0 radical (unpaired) electrons. The van der Waals surface area contributed by atoms with E-state index in [4.69, 9.17) is 4.74 Å². The SMILES string of the molecule is C=CCOc1ccc(/C=N/N=C/c2ccc(CCC)cc2)cc1. The molecule has 3 nitrogen and oxygen atoms in total. The van der Waals surface area contributed by atoms with E-state index in [9.17, 15) is 0 Å². The predicted molar refractivity (Wildman–Crippen MR) is 97.8 cm³/mol. The smallest absolute Gasteiger partial charge is 0.119 e. The fourth-order valence-corrected chi connectivity index (χ4v) is 2.06. The average molecular weight is 306 g/mol. The van der Waals surface area contributed by atoms with E-state index < -0.39 is 0 Å². The molecule has 0 aliphatic heterocycles. The van der Waals surface area contributed by atoms with Gasteiger partial charge in [-0.05, 0) is 47.4 Å². The van der Waals surface area contributed by atoms with Crippen LogP contribution in [0.15, 0.2) is 71.4 Å². The zero-order chi connectivity index (χ0) is 16.3. The number of nitrogens with zero attached hydrogens (tertiary/aromatic N) is 2. The molecular formula is C20H22N2O. The molecule has 0 saturated carbocycles. The third-order valence-electron chi connectivity index (χ3n) is 3.25. The molecular weight excluding hydrogens is 284 g/mol. The molecule has 0 fully saturated rings. The third-order valence-corrected chi connectivity index (χ3v) is 3.25. The van der Waals surface area contributed by atoms with Gasteiger partial charge in [0.2, 0.25) is 0 Å². The second kappa shape index (κ2) is 9.36. The summed E-state index contributed by atoms with van der Waals surface area (Å²) < 4.78 is 5.43. The van der Waals surface area contributed by atoms with Gasteiger partial charge in [-0.25, -0.2) is 0 Å². The normalized spacial score (nSPS) is 11.2. The molecule has 3 heteroatoms. The van der Waals surface area contributed by atoms with Crippen LogP contribution < -0.4 is 4.74 Å². The summed E-state index contributed by atoms with van der Waals surface area (Å²) in [4.78, 5) is 0. The first-order valence-corrected chi connectivity index (χ1v) is 7.81. The fraction of sp³-hybridized carbons (Fsp3) is 0.200. The van der Waals surface area contributed by atoms with Crippen molar-refractivity contribution in [1.29, 1.82) is 0 Å². The number of hydrogen-bond acceptors (Lipinski definition) is 3. The van der Waals surface area contributed by atoms with Crippen LogP contribution in [0.5, 0.6) is 5.75 Å². The van der Waals surface area contributed by atoms with Crippen LogP contribution in [0.3, 0.4) is 0 Å². The summed E-state index contributed by atoms with van der Waals surface area (Å²) in [6.07, 6.45) is 7.48. The molecule has 2 aromatic carbocycles. The zero-order valence-electron chi connectivity index (χ0n) is 13.5. The first-order valence-electron chi connectivity index (χ1n) is 7.81. The lowest BCUT2D eigenvalue weighted by Gasteiger charge is -2.02. The maximum absolute atomic E-state index is 5.43. The highest BCUT2D eigenvalue weighted by Crippen LogP contribution is 2.11. The number of rotatable bonds is 8. The summed E-state index contributed by atoms with van der Waals surface area (Å²) in [6, 6.07) is 16.1. The second-order valence-corrected chi connectivity index (χ2v) is 5.15. The van der Waals surface area contributed by atoms with Crippen molar-refractivity contribution in [1.82, 2.24) is 0 Å². The molecule has 0 aliphatic carbocycles. The van der Waals surface area contributed by atoms with Gasteiger partial charge >= 0.3 is 0 Å². The number of ether oxygens (including phenoxy) is 1. The summed E-state index contributed by atoms with van der Waals surface area (Å²) in [7, 11) is 0. The van der Waals surface area contributed by atoms with Crippen molar-refractivity contribution in [2.24, 2.45) is 10.2 Å². The molecule has 0 atom stereocenters. The Morgan fingerprint density at radius 2 is 1.48 bits per heavy atom. The molecule has 118 valence electrons. The molecule has 0 saturated heterocycles. The third kappa shape index (κ3) is 5.91. The van der Waals surface area contributed by atoms with Crippen LogP contribution in [0.25, 0.3) is 0 Å². The van der Waals surface area contributed by atoms with E-state index in [1.807, 2.05) is 24.3 Å². The van der Waals surface area contributed by atoms with Crippen LogP contribution in [-0.2, 0) is 6.42 Å². The summed E-state index contributed by atoms with van der Waals surface area (Å²) in [5.41, 5.74) is 3.38. The summed E-state index contributed by atoms with van der Waals surface area (Å²) >= 11 is 0. The molecule has 0 amide bonds. The van der Waals surface area contributed by atoms with Crippen molar-refractivity contribution in [3.63, 3.8) is 0 Å². The maximum Gasteiger partial charge on any atom is 0.119 e. The molecule has 0 aromatic heterocycles. The van der Waals surface area contributed by atoms with Gasteiger partial charge in [0.25, 0.3) is 0 Å². The zero-order valence-corrected chi connectivity index (χ0v) is 13.5. The maximum atomic E-state index is 5.43. The Kier molecular flexibility index (Phi) is 6.79. The molecule has 0 unspecified atom stereocenters. The fourth-order valence-electron chi connectivity index (χ4n) is 2.06. The summed E-state index contributed by atoms with van der Waals surface area (Å²) in [5.74, 6) is 0.817. The molecule has 2 rings (SSSR count). The highest BCUT2D eigenvalue weighted by atomic mass is 16.5. The van der Waals surface area contributed by atoms with E-state index in [-0.39, 0.29) is 0 Å². The molecule has 0 heterocycles. The van der Waals surface area contributed by atoms with Gasteiger partial charge in [0.1, 0.15) is 12.4 Å². The topological polar surface area (TPSA) is 34.0 Å².